The summed E-state index contributed by atoms with van der Waals surface area (Å²) in [5.41, 5.74) is 1.43. The Morgan fingerprint density at radius 1 is 1.16 bits per heavy atom. The fraction of sp³-hybridized carbons (Fsp3) is 0.227. The van der Waals surface area contributed by atoms with Crippen LogP contribution in [0.1, 0.15) is 24.2 Å². The van der Waals surface area contributed by atoms with Crippen molar-refractivity contribution in [3.8, 4) is 17.1 Å². The third kappa shape index (κ3) is 3.54. The van der Waals surface area contributed by atoms with Gasteiger partial charge in [0.25, 0.3) is 5.91 Å². The number of benzene rings is 2. The van der Waals surface area contributed by atoms with Crippen LogP contribution >= 0.6 is 0 Å². The average molecular weight is 444 g/mol. The van der Waals surface area contributed by atoms with Crippen molar-refractivity contribution in [1.29, 1.82) is 0 Å². The predicted octanol–water partition coefficient (Wildman–Crippen LogP) is 4.15. The Labute approximate surface area is 178 Å². The molecule has 0 aliphatic rings. The minimum Gasteiger partial charge on any atom is -0.489 e. The summed E-state index contributed by atoms with van der Waals surface area (Å²) in [4.78, 5) is 12.8. The van der Waals surface area contributed by atoms with Gasteiger partial charge in [0.05, 0.1) is 17.9 Å². The van der Waals surface area contributed by atoms with Gasteiger partial charge in [-0.05, 0) is 50.2 Å². The Balaban J connectivity index is 2.15. The number of furan rings is 1. The lowest BCUT2D eigenvalue weighted by Crippen LogP contribution is -2.18. The number of fused-ring (bicyclic) bond motifs is 3. The monoisotopic (exact) mass is 444 g/mol. The van der Waals surface area contributed by atoms with Crippen molar-refractivity contribution in [2.24, 2.45) is 0 Å². The fourth-order valence-electron chi connectivity index (χ4n) is 3.60. The summed E-state index contributed by atoms with van der Waals surface area (Å²) < 4.78 is 51.3. The Hall–Kier alpha value is -3.33. The average Bonchev–Trinajstić information content (AvgIpc) is 3.29. The highest BCUT2D eigenvalue weighted by Gasteiger charge is 2.27. The molecule has 4 rings (SSSR count). The summed E-state index contributed by atoms with van der Waals surface area (Å²) >= 11 is 0. The number of carbonyl (C=O) groups is 1. The van der Waals surface area contributed by atoms with E-state index in [4.69, 9.17) is 9.15 Å². The van der Waals surface area contributed by atoms with Gasteiger partial charge in [-0.2, -0.15) is 0 Å². The maximum atomic E-state index is 13.4. The van der Waals surface area contributed by atoms with Crippen molar-refractivity contribution in [3.63, 3.8) is 0 Å². The van der Waals surface area contributed by atoms with E-state index in [1.165, 1.54) is 37.5 Å². The number of rotatable bonds is 5. The summed E-state index contributed by atoms with van der Waals surface area (Å²) in [7, 11) is -2.12. The molecule has 0 radical (unpaired) electrons. The number of ether oxygens (including phenoxy) is 1. The van der Waals surface area contributed by atoms with Gasteiger partial charge in [0.2, 0.25) is 10.0 Å². The molecule has 162 valence electrons. The Bertz CT molecular complexity index is 1420. The summed E-state index contributed by atoms with van der Waals surface area (Å²) in [5.74, 6) is -0.244. The van der Waals surface area contributed by atoms with Gasteiger partial charge in [-0.1, -0.05) is 0 Å². The van der Waals surface area contributed by atoms with Gasteiger partial charge < -0.3 is 14.5 Å². The number of nitrogens with one attached hydrogen (secondary N) is 1. The summed E-state index contributed by atoms with van der Waals surface area (Å²) in [5, 5.41) is 3.55. The number of amides is 1. The van der Waals surface area contributed by atoms with Crippen LogP contribution in [-0.2, 0) is 10.0 Å². The second kappa shape index (κ2) is 7.42. The Kier molecular flexibility index (Phi) is 5.01. The lowest BCUT2D eigenvalue weighted by molar-refractivity contribution is 0.0964. The van der Waals surface area contributed by atoms with Crippen molar-refractivity contribution >= 4 is 37.8 Å². The van der Waals surface area contributed by atoms with Gasteiger partial charge in [0.1, 0.15) is 28.4 Å². The van der Waals surface area contributed by atoms with Crippen LogP contribution < -0.4 is 10.1 Å². The first-order valence-electron chi connectivity index (χ1n) is 9.57. The van der Waals surface area contributed by atoms with Crippen LogP contribution in [0, 0.1) is 5.82 Å². The zero-order valence-electron chi connectivity index (χ0n) is 17.4. The molecule has 2 heterocycles. The largest absolute Gasteiger partial charge is 0.489 e. The quantitative estimate of drug-likeness (QED) is 0.499. The zero-order valence-corrected chi connectivity index (χ0v) is 18.2. The van der Waals surface area contributed by atoms with E-state index in [2.05, 4.69) is 5.32 Å². The molecule has 31 heavy (non-hydrogen) atoms. The molecular weight excluding hydrogens is 423 g/mol. The maximum Gasteiger partial charge on any atom is 0.255 e. The molecule has 1 amide bonds. The van der Waals surface area contributed by atoms with Crippen LogP contribution in [0.25, 0.3) is 33.2 Å². The highest BCUT2D eigenvalue weighted by atomic mass is 32.2. The first-order chi connectivity index (χ1) is 14.6. The van der Waals surface area contributed by atoms with E-state index >= 15 is 0 Å². The Morgan fingerprint density at radius 3 is 2.42 bits per heavy atom. The first-order valence-corrected chi connectivity index (χ1v) is 11.4. The topological polar surface area (TPSA) is 90.5 Å². The van der Waals surface area contributed by atoms with Gasteiger partial charge in [0.15, 0.2) is 0 Å². The lowest BCUT2D eigenvalue weighted by Gasteiger charge is -2.13. The summed E-state index contributed by atoms with van der Waals surface area (Å²) in [6.07, 6.45) is 2.28. The van der Waals surface area contributed by atoms with Crippen molar-refractivity contribution in [2.75, 3.05) is 13.3 Å². The minimum atomic E-state index is -3.62. The van der Waals surface area contributed by atoms with E-state index in [1.807, 2.05) is 13.8 Å². The zero-order chi connectivity index (χ0) is 22.5. The molecule has 0 fully saturated rings. The molecule has 0 saturated carbocycles. The SMILES string of the molecule is CNC(=O)c1c(-c2ccc(F)cc2)oc2c1cc(OC(C)C)c1c2ccn1S(C)(=O)=O. The van der Waals surface area contributed by atoms with Gasteiger partial charge in [-0.25, -0.2) is 16.8 Å². The van der Waals surface area contributed by atoms with Crippen LogP contribution in [0.15, 0.2) is 47.0 Å². The molecule has 0 unspecified atom stereocenters. The number of aromatic nitrogens is 1. The van der Waals surface area contributed by atoms with E-state index < -0.39 is 21.7 Å². The number of carbonyl (C=O) groups excluding carboxylic acids is 1. The molecule has 0 aliphatic heterocycles. The molecule has 1 N–H and O–H groups in total. The normalized spacial score (nSPS) is 12.1. The van der Waals surface area contributed by atoms with Crippen LogP contribution in [0.5, 0.6) is 5.75 Å². The smallest absolute Gasteiger partial charge is 0.255 e. The van der Waals surface area contributed by atoms with Crippen LogP contribution in [-0.4, -0.2) is 37.7 Å². The maximum absolute atomic E-state index is 13.4. The fourth-order valence-corrected chi connectivity index (χ4v) is 4.40. The van der Waals surface area contributed by atoms with Crippen molar-refractivity contribution < 1.29 is 26.8 Å². The lowest BCUT2D eigenvalue weighted by atomic mass is 10.0. The number of hydrogen-bond donors (Lipinski definition) is 1. The highest BCUT2D eigenvalue weighted by Crippen LogP contribution is 2.42. The van der Waals surface area contributed by atoms with E-state index in [-0.39, 0.29) is 17.4 Å². The van der Waals surface area contributed by atoms with Crippen LogP contribution in [0.4, 0.5) is 4.39 Å². The molecule has 2 aromatic carbocycles. The molecular formula is C22H21FN2O5S. The van der Waals surface area contributed by atoms with Gasteiger partial charge in [-0.15, -0.1) is 0 Å². The van der Waals surface area contributed by atoms with Crippen LogP contribution in [0.3, 0.4) is 0 Å². The predicted molar refractivity (Wildman–Crippen MR) is 117 cm³/mol. The van der Waals surface area contributed by atoms with Gasteiger partial charge in [0, 0.05) is 29.6 Å². The van der Waals surface area contributed by atoms with E-state index in [0.717, 1.165) is 10.2 Å². The number of halogens is 1. The van der Waals surface area contributed by atoms with E-state index in [1.54, 1.807) is 12.1 Å². The molecule has 0 spiro atoms. The summed E-state index contributed by atoms with van der Waals surface area (Å²) in [6.45, 7) is 3.64. The minimum absolute atomic E-state index is 0.240. The van der Waals surface area contributed by atoms with Crippen molar-refractivity contribution in [3.05, 3.63) is 54.0 Å². The standard InChI is InChI=1S/C22H21FN2O5S/c1-12(2)29-17-11-16-18(22(26)24-3)20(13-5-7-14(23)8-6-13)30-21(16)15-9-10-25(19(15)17)31(4,27)28/h5-12H,1-4H3,(H,24,26). The highest BCUT2D eigenvalue weighted by molar-refractivity contribution is 7.89. The first kappa shape index (κ1) is 20.9. The Morgan fingerprint density at radius 2 is 1.84 bits per heavy atom. The third-order valence-electron chi connectivity index (χ3n) is 4.83. The van der Waals surface area contributed by atoms with Gasteiger partial charge >= 0.3 is 0 Å². The molecule has 0 bridgehead atoms. The molecule has 2 aromatic heterocycles. The van der Waals surface area contributed by atoms with Crippen LogP contribution in [0.2, 0.25) is 0 Å². The number of hydrogen-bond acceptors (Lipinski definition) is 5. The molecule has 9 heteroatoms. The molecule has 0 saturated heterocycles. The number of nitrogens with zero attached hydrogens (tertiary/aromatic N) is 1. The second-order valence-electron chi connectivity index (χ2n) is 7.45. The molecule has 4 aromatic rings. The summed E-state index contributed by atoms with van der Waals surface area (Å²) in [6, 6.07) is 8.81. The second-order valence-corrected chi connectivity index (χ2v) is 9.31. The third-order valence-corrected chi connectivity index (χ3v) is 5.85. The van der Waals surface area contributed by atoms with Crippen molar-refractivity contribution in [2.45, 2.75) is 20.0 Å². The van der Waals surface area contributed by atoms with Crippen molar-refractivity contribution in [1.82, 2.24) is 9.29 Å². The molecule has 0 aliphatic carbocycles. The van der Waals surface area contributed by atoms with E-state index in [9.17, 15) is 17.6 Å². The molecule has 0 atom stereocenters. The van der Waals surface area contributed by atoms with E-state index in [0.29, 0.717) is 33.2 Å². The molecule has 7 nitrogen and oxygen atoms in total. The van der Waals surface area contributed by atoms with Gasteiger partial charge in [-0.3, -0.25) is 4.79 Å².